The van der Waals surface area contributed by atoms with Gasteiger partial charge in [-0.3, -0.25) is 0 Å². The van der Waals surface area contributed by atoms with Gasteiger partial charge in [0.25, 0.3) is 0 Å². The summed E-state index contributed by atoms with van der Waals surface area (Å²) < 4.78 is 42.1. The maximum absolute atomic E-state index is 13.9. The summed E-state index contributed by atoms with van der Waals surface area (Å²) in [5.74, 6) is 0. The molecular weight excluding hydrogens is 349 g/mol. The molecule has 0 aromatic heterocycles. The first kappa shape index (κ1) is 20.6. The summed E-state index contributed by atoms with van der Waals surface area (Å²) in [6, 6.07) is 16.4. The predicted octanol–water partition coefficient (Wildman–Crippen LogP) is 4.80. The van der Waals surface area contributed by atoms with E-state index in [1.807, 2.05) is 37.3 Å². The molecule has 0 aliphatic heterocycles. The third-order valence-electron chi connectivity index (χ3n) is 4.36. The largest absolute Gasteiger partial charge is 0.245 e. The molecule has 2 aromatic carbocycles. The van der Waals surface area contributed by atoms with Crippen LogP contribution in [0.4, 0.5) is 4.39 Å². The molecule has 142 valence electrons. The minimum absolute atomic E-state index is 0.243. The maximum atomic E-state index is 13.9. The summed E-state index contributed by atoms with van der Waals surface area (Å²) in [5.41, 5.74) is 0.829. The number of hydrogen-bond acceptors (Lipinski definition) is 2. The Morgan fingerprint density at radius 1 is 1.00 bits per heavy atom. The van der Waals surface area contributed by atoms with E-state index in [1.165, 1.54) is 13.8 Å². The monoisotopic (exact) mass is 377 g/mol. The van der Waals surface area contributed by atoms with Gasteiger partial charge < -0.3 is 0 Å². The second-order valence-electron chi connectivity index (χ2n) is 7.41. The fraction of sp³-hybridized carbons (Fsp3) is 0.429. The molecule has 0 aliphatic rings. The standard InChI is InChI=1S/C21H28FNO2S/c1-17-9-13-20(14-10-17)26(24,25)23-19(15-16-21(2,3)22)12-11-18-7-5-4-6-8-18/h4-10,13-14,19,23H,11-12,15-16H2,1-3H3. The van der Waals surface area contributed by atoms with Crippen LogP contribution in [0.5, 0.6) is 0 Å². The van der Waals surface area contributed by atoms with Crippen LogP contribution in [0.2, 0.25) is 0 Å². The van der Waals surface area contributed by atoms with E-state index >= 15 is 0 Å². The lowest BCUT2D eigenvalue weighted by Gasteiger charge is -2.22. The highest BCUT2D eigenvalue weighted by Crippen LogP contribution is 2.21. The van der Waals surface area contributed by atoms with Crippen LogP contribution in [0.3, 0.4) is 0 Å². The average Bonchev–Trinajstić information content (AvgIpc) is 2.58. The quantitative estimate of drug-likeness (QED) is 0.682. The second kappa shape index (κ2) is 8.78. The molecule has 0 amide bonds. The highest BCUT2D eigenvalue weighted by molar-refractivity contribution is 7.89. The SMILES string of the molecule is Cc1ccc(S(=O)(=O)NC(CCc2ccccc2)CCC(C)(C)F)cc1. The molecule has 0 aliphatic carbocycles. The van der Waals surface area contributed by atoms with E-state index < -0.39 is 15.7 Å². The Bertz CT molecular complexity index is 781. The van der Waals surface area contributed by atoms with Gasteiger partial charge in [-0.05, 0) is 64.2 Å². The molecule has 1 N–H and O–H groups in total. The minimum atomic E-state index is -3.62. The number of nitrogens with one attached hydrogen (secondary N) is 1. The Hall–Kier alpha value is -1.72. The lowest BCUT2D eigenvalue weighted by atomic mass is 9.97. The summed E-state index contributed by atoms with van der Waals surface area (Å²) in [5, 5.41) is 0. The number of halogens is 1. The van der Waals surface area contributed by atoms with Crippen molar-refractivity contribution in [2.45, 2.75) is 63.1 Å². The number of hydrogen-bond donors (Lipinski definition) is 1. The Morgan fingerprint density at radius 3 is 2.19 bits per heavy atom. The molecule has 0 fully saturated rings. The van der Waals surface area contributed by atoms with E-state index in [2.05, 4.69) is 4.72 Å². The van der Waals surface area contributed by atoms with Crippen LogP contribution in [-0.2, 0) is 16.4 Å². The van der Waals surface area contributed by atoms with Crippen LogP contribution >= 0.6 is 0 Å². The van der Waals surface area contributed by atoms with Crippen LogP contribution in [0.1, 0.15) is 44.2 Å². The molecule has 2 rings (SSSR count). The molecule has 0 spiro atoms. The third-order valence-corrected chi connectivity index (χ3v) is 5.90. The van der Waals surface area contributed by atoms with Gasteiger partial charge in [-0.1, -0.05) is 48.0 Å². The van der Waals surface area contributed by atoms with Gasteiger partial charge in [-0.25, -0.2) is 17.5 Å². The van der Waals surface area contributed by atoms with Crippen LogP contribution in [0.25, 0.3) is 0 Å². The molecule has 1 unspecified atom stereocenters. The van der Waals surface area contributed by atoms with Gasteiger partial charge in [0.1, 0.15) is 5.67 Å². The summed E-state index contributed by atoms with van der Waals surface area (Å²) in [6.07, 6.45) is 2.14. The molecule has 3 nitrogen and oxygen atoms in total. The predicted molar refractivity (Wildman–Crippen MR) is 104 cm³/mol. The van der Waals surface area contributed by atoms with Gasteiger partial charge in [0, 0.05) is 6.04 Å². The van der Waals surface area contributed by atoms with Crippen molar-refractivity contribution in [2.24, 2.45) is 0 Å². The highest BCUT2D eigenvalue weighted by Gasteiger charge is 2.23. The second-order valence-corrected chi connectivity index (χ2v) is 9.13. The van der Waals surface area contributed by atoms with Gasteiger partial charge in [0.15, 0.2) is 0 Å². The van der Waals surface area contributed by atoms with Crippen molar-refractivity contribution in [2.75, 3.05) is 0 Å². The summed E-state index contributed by atoms with van der Waals surface area (Å²) in [4.78, 5) is 0.243. The number of rotatable bonds is 9. The molecule has 2 aromatic rings. The lowest BCUT2D eigenvalue weighted by Crippen LogP contribution is -2.36. The first-order valence-electron chi connectivity index (χ1n) is 8.97. The Balaban J connectivity index is 2.10. The van der Waals surface area contributed by atoms with Crippen LogP contribution in [0.15, 0.2) is 59.5 Å². The van der Waals surface area contributed by atoms with Crippen molar-refractivity contribution in [1.29, 1.82) is 0 Å². The zero-order valence-electron chi connectivity index (χ0n) is 15.7. The number of sulfonamides is 1. The number of benzene rings is 2. The van der Waals surface area contributed by atoms with Gasteiger partial charge in [-0.15, -0.1) is 0 Å². The number of alkyl halides is 1. The summed E-state index contributed by atoms with van der Waals surface area (Å²) in [6.45, 7) is 4.96. The molecule has 0 radical (unpaired) electrons. The fourth-order valence-corrected chi connectivity index (χ4v) is 4.08. The zero-order valence-corrected chi connectivity index (χ0v) is 16.5. The Kier molecular flexibility index (Phi) is 6.95. The molecule has 0 saturated carbocycles. The number of aryl methyl sites for hydroxylation is 2. The molecule has 0 saturated heterocycles. The highest BCUT2D eigenvalue weighted by atomic mass is 32.2. The van der Waals surface area contributed by atoms with E-state index in [-0.39, 0.29) is 10.9 Å². The van der Waals surface area contributed by atoms with E-state index in [0.29, 0.717) is 19.3 Å². The van der Waals surface area contributed by atoms with Gasteiger partial charge in [-0.2, -0.15) is 0 Å². The average molecular weight is 378 g/mol. The van der Waals surface area contributed by atoms with Crippen molar-refractivity contribution >= 4 is 10.0 Å². The van der Waals surface area contributed by atoms with Gasteiger partial charge >= 0.3 is 0 Å². The first-order valence-corrected chi connectivity index (χ1v) is 10.5. The third kappa shape index (κ3) is 6.89. The van der Waals surface area contributed by atoms with Crippen molar-refractivity contribution < 1.29 is 12.8 Å². The molecule has 26 heavy (non-hydrogen) atoms. The van der Waals surface area contributed by atoms with Crippen molar-refractivity contribution in [3.63, 3.8) is 0 Å². The molecule has 5 heteroatoms. The van der Waals surface area contributed by atoms with Gasteiger partial charge in [0.05, 0.1) is 4.90 Å². The fourth-order valence-electron chi connectivity index (χ4n) is 2.77. The normalized spacial score (nSPS) is 13.5. The van der Waals surface area contributed by atoms with Crippen molar-refractivity contribution in [3.05, 3.63) is 65.7 Å². The Labute approximate surface area is 156 Å². The maximum Gasteiger partial charge on any atom is 0.240 e. The van der Waals surface area contributed by atoms with Crippen LogP contribution in [0, 0.1) is 6.92 Å². The smallest absolute Gasteiger partial charge is 0.240 e. The van der Waals surface area contributed by atoms with E-state index in [4.69, 9.17) is 0 Å². The molecule has 0 bridgehead atoms. The van der Waals surface area contributed by atoms with Crippen LogP contribution < -0.4 is 4.72 Å². The van der Waals surface area contributed by atoms with Crippen molar-refractivity contribution in [1.82, 2.24) is 4.72 Å². The molecule has 1 atom stereocenters. The molecule has 0 heterocycles. The van der Waals surface area contributed by atoms with Gasteiger partial charge in [0.2, 0.25) is 10.0 Å². The van der Waals surface area contributed by atoms with E-state index in [1.54, 1.807) is 24.3 Å². The van der Waals surface area contributed by atoms with Crippen molar-refractivity contribution in [3.8, 4) is 0 Å². The lowest BCUT2D eigenvalue weighted by molar-refractivity contribution is 0.190. The Morgan fingerprint density at radius 2 is 1.62 bits per heavy atom. The minimum Gasteiger partial charge on any atom is -0.245 e. The van der Waals surface area contributed by atoms with E-state index in [9.17, 15) is 12.8 Å². The summed E-state index contributed by atoms with van der Waals surface area (Å²) in [7, 11) is -3.62. The van der Waals surface area contributed by atoms with Crippen LogP contribution in [-0.4, -0.2) is 20.1 Å². The van der Waals surface area contributed by atoms with E-state index in [0.717, 1.165) is 17.5 Å². The molecular formula is C21H28FNO2S. The topological polar surface area (TPSA) is 46.2 Å². The first-order chi connectivity index (χ1) is 12.2. The summed E-state index contributed by atoms with van der Waals surface area (Å²) >= 11 is 0. The zero-order chi connectivity index (χ0) is 19.2.